The number of ether oxygens (including phenoxy) is 1. The van der Waals surface area contributed by atoms with Crippen molar-refractivity contribution in [3.8, 4) is 5.75 Å². The Balaban J connectivity index is 1.87. The van der Waals surface area contributed by atoms with Crippen LogP contribution in [-0.4, -0.2) is 34.0 Å². The molecule has 1 aliphatic rings. The molecule has 2 aromatic carbocycles. The van der Waals surface area contributed by atoms with Crippen LogP contribution in [0.1, 0.15) is 25.7 Å². The number of carbonyl (C=O) groups is 1. The van der Waals surface area contributed by atoms with Crippen LogP contribution in [-0.2, 0) is 14.8 Å². The van der Waals surface area contributed by atoms with Gasteiger partial charge in [0.05, 0.1) is 17.7 Å². The summed E-state index contributed by atoms with van der Waals surface area (Å²) in [4.78, 5) is 12.6. The van der Waals surface area contributed by atoms with Gasteiger partial charge in [0.1, 0.15) is 12.3 Å². The Morgan fingerprint density at radius 3 is 2.30 bits per heavy atom. The average Bonchev–Trinajstić information content (AvgIpc) is 3.19. The van der Waals surface area contributed by atoms with Crippen molar-refractivity contribution >= 4 is 21.6 Å². The fourth-order valence-corrected chi connectivity index (χ4v) is 4.68. The number of methoxy groups -OCH3 is 1. The first-order valence-electron chi connectivity index (χ1n) is 9.02. The predicted molar refractivity (Wildman–Crippen MR) is 104 cm³/mol. The number of carbonyl (C=O) groups excluding carboxylic acids is 1. The highest BCUT2D eigenvalue weighted by Crippen LogP contribution is 2.25. The molecule has 1 aliphatic carbocycles. The molecular weight excluding hydrogens is 364 g/mol. The molecule has 7 heteroatoms. The Morgan fingerprint density at radius 2 is 1.70 bits per heavy atom. The van der Waals surface area contributed by atoms with Crippen LogP contribution in [0.5, 0.6) is 5.75 Å². The zero-order valence-electron chi connectivity index (χ0n) is 15.3. The summed E-state index contributed by atoms with van der Waals surface area (Å²) in [6.07, 6.45) is 4.08. The number of sulfonamides is 1. The summed E-state index contributed by atoms with van der Waals surface area (Å²) in [6.45, 7) is -0.255. The number of benzene rings is 2. The molecule has 1 fully saturated rings. The molecule has 0 aliphatic heterocycles. The molecule has 1 amide bonds. The van der Waals surface area contributed by atoms with Crippen molar-refractivity contribution in [1.82, 2.24) is 5.32 Å². The minimum absolute atomic E-state index is 0.112. The molecule has 0 radical (unpaired) electrons. The number of amides is 1. The van der Waals surface area contributed by atoms with E-state index >= 15 is 0 Å². The van der Waals surface area contributed by atoms with E-state index in [0.29, 0.717) is 11.4 Å². The number of anilines is 1. The SMILES string of the molecule is COc1ccc(S(=O)(=O)N(CC(=O)NC2CCCC2)c2ccccc2)cc1. The summed E-state index contributed by atoms with van der Waals surface area (Å²) in [5.41, 5.74) is 0.454. The van der Waals surface area contributed by atoms with E-state index in [1.165, 1.54) is 19.2 Å². The van der Waals surface area contributed by atoms with Crippen LogP contribution in [0.15, 0.2) is 59.5 Å². The Labute approximate surface area is 160 Å². The van der Waals surface area contributed by atoms with Crippen LogP contribution in [0.3, 0.4) is 0 Å². The summed E-state index contributed by atoms with van der Waals surface area (Å²) >= 11 is 0. The summed E-state index contributed by atoms with van der Waals surface area (Å²) in [5, 5.41) is 2.96. The van der Waals surface area contributed by atoms with E-state index in [4.69, 9.17) is 4.74 Å². The lowest BCUT2D eigenvalue weighted by Crippen LogP contribution is -2.43. The molecular formula is C20H24N2O4S. The zero-order chi connectivity index (χ0) is 19.3. The molecule has 144 valence electrons. The Kier molecular flexibility index (Phi) is 6.01. The van der Waals surface area contributed by atoms with Gasteiger partial charge in [-0.2, -0.15) is 0 Å². The van der Waals surface area contributed by atoms with Crippen molar-refractivity contribution < 1.29 is 17.9 Å². The highest BCUT2D eigenvalue weighted by molar-refractivity contribution is 7.92. The molecule has 1 N–H and O–H groups in total. The van der Waals surface area contributed by atoms with Crippen molar-refractivity contribution in [1.29, 1.82) is 0 Å². The predicted octanol–water partition coefficient (Wildman–Crippen LogP) is 2.95. The van der Waals surface area contributed by atoms with Crippen LogP contribution in [0.4, 0.5) is 5.69 Å². The zero-order valence-corrected chi connectivity index (χ0v) is 16.1. The fourth-order valence-electron chi connectivity index (χ4n) is 3.26. The van der Waals surface area contributed by atoms with Crippen LogP contribution < -0.4 is 14.4 Å². The van der Waals surface area contributed by atoms with Crippen molar-refractivity contribution in [2.45, 2.75) is 36.6 Å². The first kappa shape index (κ1) is 19.2. The molecule has 2 aromatic rings. The monoisotopic (exact) mass is 388 g/mol. The van der Waals surface area contributed by atoms with Gasteiger partial charge < -0.3 is 10.1 Å². The lowest BCUT2D eigenvalue weighted by Gasteiger charge is -2.25. The number of hydrogen-bond donors (Lipinski definition) is 1. The van der Waals surface area contributed by atoms with E-state index in [1.807, 2.05) is 0 Å². The minimum atomic E-state index is -3.89. The molecule has 0 unspecified atom stereocenters. The summed E-state index contributed by atoms with van der Waals surface area (Å²) in [6, 6.07) is 15.0. The van der Waals surface area contributed by atoms with E-state index < -0.39 is 10.0 Å². The van der Waals surface area contributed by atoms with Gasteiger partial charge in [-0.3, -0.25) is 9.10 Å². The van der Waals surface area contributed by atoms with Gasteiger partial charge in [0.25, 0.3) is 10.0 Å². The second kappa shape index (κ2) is 8.43. The molecule has 0 spiro atoms. The third-order valence-electron chi connectivity index (χ3n) is 4.70. The van der Waals surface area contributed by atoms with Gasteiger partial charge in [0.2, 0.25) is 5.91 Å². The third-order valence-corrected chi connectivity index (χ3v) is 6.49. The maximum absolute atomic E-state index is 13.2. The van der Waals surface area contributed by atoms with Crippen LogP contribution in [0.25, 0.3) is 0 Å². The molecule has 6 nitrogen and oxygen atoms in total. The van der Waals surface area contributed by atoms with Crippen molar-refractivity contribution in [2.75, 3.05) is 18.0 Å². The number of nitrogens with one attached hydrogen (secondary N) is 1. The smallest absolute Gasteiger partial charge is 0.264 e. The van der Waals surface area contributed by atoms with E-state index in [0.717, 1.165) is 30.0 Å². The maximum Gasteiger partial charge on any atom is 0.264 e. The lowest BCUT2D eigenvalue weighted by atomic mass is 10.2. The second-order valence-electron chi connectivity index (χ2n) is 6.57. The van der Waals surface area contributed by atoms with Gasteiger partial charge >= 0.3 is 0 Å². The van der Waals surface area contributed by atoms with Gasteiger partial charge in [0, 0.05) is 6.04 Å². The van der Waals surface area contributed by atoms with Gasteiger partial charge in [-0.25, -0.2) is 8.42 Å². The second-order valence-corrected chi connectivity index (χ2v) is 8.43. The molecule has 0 atom stereocenters. The Hall–Kier alpha value is -2.54. The molecule has 0 heterocycles. The standard InChI is InChI=1S/C20H24N2O4S/c1-26-18-11-13-19(14-12-18)27(24,25)22(17-9-3-2-4-10-17)15-20(23)21-16-7-5-6-8-16/h2-4,9-14,16H,5-8,15H2,1H3,(H,21,23). The number of nitrogens with zero attached hydrogens (tertiary/aromatic N) is 1. The van der Waals surface area contributed by atoms with Crippen molar-refractivity contribution in [3.63, 3.8) is 0 Å². The topological polar surface area (TPSA) is 75.7 Å². The Bertz CT molecular complexity index is 861. The number of para-hydroxylation sites is 1. The van der Waals surface area contributed by atoms with E-state index in [2.05, 4.69) is 5.32 Å². The van der Waals surface area contributed by atoms with E-state index in [1.54, 1.807) is 42.5 Å². The number of rotatable bonds is 7. The van der Waals surface area contributed by atoms with Crippen LogP contribution in [0, 0.1) is 0 Å². The van der Waals surface area contributed by atoms with Gasteiger partial charge in [0.15, 0.2) is 0 Å². The van der Waals surface area contributed by atoms with E-state index in [-0.39, 0.29) is 23.4 Å². The maximum atomic E-state index is 13.2. The fraction of sp³-hybridized carbons (Fsp3) is 0.350. The van der Waals surface area contributed by atoms with Gasteiger partial charge in [-0.15, -0.1) is 0 Å². The lowest BCUT2D eigenvalue weighted by molar-refractivity contribution is -0.120. The van der Waals surface area contributed by atoms with Gasteiger partial charge in [-0.1, -0.05) is 31.0 Å². The summed E-state index contributed by atoms with van der Waals surface area (Å²) in [5.74, 6) is 0.280. The Morgan fingerprint density at radius 1 is 1.07 bits per heavy atom. The van der Waals surface area contributed by atoms with Gasteiger partial charge in [-0.05, 0) is 49.2 Å². The molecule has 0 bridgehead atoms. The van der Waals surface area contributed by atoms with E-state index in [9.17, 15) is 13.2 Å². The molecule has 1 saturated carbocycles. The summed E-state index contributed by atoms with van der Waals surface area (Å²) in [7, 11) is -2.37. The normalized spacial score (nSPS) is 14.7. The van der Waals surface area contributed by atoms with Crippen LogP contribution >= 0.6 is 0 Å². The molecule has 0 saturated heterocycles. The molecule has 27 heavy (non-hydrogen) atoms. The highest BCUT2D eigenvalue weighted by atomic mass is 32.2. The summed E-state index contributed by atoms with van der Waals surface area (Å²) < 4.78 is 32.7. The first-order chi connectivity index (χ1) is 13.0. The first-order valence-corrected chi connectivity index (χ1v) is 10.5. The average molecular weight is 388 g/mol. The quantitative estimate of drug-likeness (QED) is 0.791. The minimum Gasteiger partial charge on any atom is -0.497 e. The van der Waals surface area contributed by atoms with Crippen LogP contribution in [0.2, 0.25) is 0 Å². The third kappa shape index (κ3) is 4.60. The molecule has 3 rings (SSSR count). The number of hydrogen-bond acceptors (Lipinski definition) is 4. The van der Waals surface area contributed by atoms with Crippen molar-refractivity contribution in [2.24, 2.45) is 0 Å². The largest absolute Gasteiger partial charge is 0.497 e. The highest BCUT2D eigenvalue weighted by Gasteiger charge is 2.28. The molecule has 0 aromatic heterocycles. The van der Waals surface area contributed by atoms with Crippen molar-refractivity contribution in [3.05, 3.63) is 54.6 Å².